The Labute approximate surface area is 115 Å². The summed E-state index contributed by atoms with van der Waals surface area (Å²) in [5.41, 5.74) is 1.35. The predicted octanol–water partition coefficient (Wildman–Crippen LogP) is 1.14. The quantitative estimate of drug-likeness (QED) is 0.860. The van der Waals surface area contributed by atoms with Crippen LogP contribution in [0, 0.1) is 5.92 Å². The fourth-order valence-electron chi connectivity index (χ4n) is 2.44. The van der Waals surface area contributed by atoms with Gasteiger partial charge < -0.3 is 10.2 Å². The van der Waals surface area contributed by atoms with Crippen LogP contribution in [0.1, 0.15) is 18.9 Å². The first-order valence-electron chi connectivity index (χ1n) is 6.27. The monoisotopic (exact) mass is 277 g/mol. The highest BCUT2D eigenvalue weighted by Crippen LogP contribution is 2.33. The summed E-state index contributed by atoms with van der Waals surface area (Å²) in [6.07, 6.45) is -0.0686. The number of anilines is 1. The van der Waals surface area contributed by atoms with Gasteiger partial charge in [0.1, 0.15) is 6.04 Å². The van der Waals surface area contributed by atoms with Gasteiger partial charge in [0.2, 0.25) is 5.91 Å². The highest BCUT2D eigenvalue weighted by Gasteiger charge is 2.39. The molecule has 6 heteroatoms. The Kier molecular flexibility index (Phi) is 3.74. The average molecular weight is 277 g/mol. The molecule has 0 unspecified atom stereocenters. The van der Waals surface area contributed by atoms with E-state index in [0.717, 1.165) is 5.56 Å². The van der Waals surface area contributed by atoms with Crippen LogP contribution >= 0.6 is 0 Å². The van der Waals surface area contributed by atoms with Crippen molar-refractivity contribution >= 4 is 23.5 Å². The molecule has 2 atom stereocenters. The van der Waals surface area contributed by atoms with E-state index in [0.29, 0.717) is 5.69 Å². The van der Waals surface area contributed by atoms with Crippen molar-refractivity contribution in [1.29, 1.82) is 0 Å². The van der Waals surface area contributed by atoms with E-state index >= 15 is 0 Å². The van der Waals surface area contributed by atoms with Gasteiger partial charge in [-0.3, -0.25) is 14.5 Å². The minimum atomic E-state index is -1.09. The van der Waals surface area contributed by atoms with Gasteiger partial charge in [-0.05, 0) is 11.6 Å². The van der Waals surface area contributed by atoms with E-state index in [-0.39, 0.29) is 12.8 Å². The van der Waals surface area contributed by atoms with E-state index in [1.807, 2.05) is 0 Å². The number of para-hydroxylation sites is 1. The molecule has 0 aliphatic carbocycles. The molecule has 1 aliphatic rings. The zero-order valence-corrected chi connectivity index (χ0v) is 10.9. The van der Waals surface area contributed by atoms with Crippen LogP contribution in [0.5, 0.6) is 0 Å². The van der Waals surface area contributed by atoms with Gasteiger partial charge in [0.15, 0.2) is 0 Å². The van der Waals surface area contributed by atoms with Crippen molar-refractivity contribution in [3.8, 4) is 0 Å². The van der Waals surface area contributed by atoms with Crippen molar-refractivity contribution in [2.75, 3.05) is 4.90 Å². The van der Waals surface area contributed by atoms with Crippen molar-refractivity contribution < 1.29 is 24.6 Å². The summed E-state index contributed by atoms with van der Waals surface area (Å²) in [5, 5.41) is 18.0. The molecule has 1 heterocycles. The molecule has 2 N–H and O–H groups in total. The lowest BCUT2D eigenvalue weighted by Crippen LogP contribution is -2.45. The fourth-order valence-corrected chi connectivity index (χ4v) is 2.44. The van der Waals surface area contributed by atoms with Crippen molar-refractivity contribution in [3.05, 3.63) is 29.8 Å². The molecule has 20 heavy (non-hydrogen) atoms. The number of carbonyl (C=O) groups is 3. The summed E-state index contributed by atoms with van der Waals surface area (Å²) in [5.74, 6) is -3.40. The molecular formula is C14H15NO5. The third-order valence-electron chi connectivity index (χ3n) is 3.40. The van der Waals surface area contributed by atoms with Crippen LogP contribution in [0.2, 0.25) is 0 Å². The molecule has 0 spiro atoms. The number of carbonyl (C=O) groups excluding carboxylic acids is 1. The summed E-state index contributed by atoms with van der Waals surface area (Å²) in [6.45, 7) is 1.50. The van der Waals surface area contributed by atoms with Crippen LogP contribution < -0.4 is 4.90 Å². The number of amides is 1. The molecule has 1 aromatic carbocycles. The Morgan fingerprint density at radius 2 is 1.95 bits per heavy atom. The molecule has 1 aromatic rings. The third-order valence-corrected chi connectivity index (χ3v) is 3.40. The van der Waals surface area contributed by atoms with Gasteiger partial charge in [0.05, 0.1) is 6.42 Å². The lowest BCUT2D eigenvalue weighted by Gasteiger charge is -2.25. The molecular weight excluding hydrogens is 262 g/mol. The minimum absolute atomic E-state index is 0.247. The molecule has 106 valence electrons. The summed E-state index contributed by atoms with van der Waals surface area (Å²) >= 11 is 0. The van der Waals surface area contributed by atoms with Crippen LogP contribution in [0.25, 0.3) is 0 Å². The van der Waals surface area contributed by atoms with Crippen molar-refractivity contribution in [2.24, 2.45) is 5.92 Å². The van der Waals surface area contributed by atoms with E-state index < -0.39 is 29.8 Å². The molecule has 0 radical (unpaired) electrons. The standard InChI is InChI=1S/C14H15NO5/c1-8(6-12(16)17)13(18)15-10-5-3-2-4-9(10)7-11(15)14(19)20/h2-5,8,11H,6-7H2,1H3,(H,16,17)(H,19,20)/t8-,11-/m1/s1. The maximum atomic E-state index is 12.4. The summed E-state index contributed by atoms with van der Waals surface area (Å²) in [6, 6.07) is 6.01. The molecule has 6 nitrogen and oxygen atoms in total. The van der Waals surface area contributed by atoms with E-state index in [2.05, 4.69) is 0 Å². The maximum absolute atomic E-state index is 12.4. The Balaban J connectivity index is 2.33. The third kappa shape index (κ3) is 2.49. The van der Waals surface area contributed by atoms with Gasteiger partial charge in [-0.25, -0.2) is 4.79 Å². The van der Waals surface area contributed by atoms with Crippen molar-refractivity contribution in [3.63, 3.8) is 0 Å². The summed E-state index contributed by atoms with van der Waals surface area (Å²) < 4.78 is 0. The van der Waals surface area contributed by atoms with Crippen LogP contribution in [-0.4, -0.2) is 34.1 Å². The number of hydrogen-bond acceptors (Lipinski definition) is 3. The number of hydrogen-bond donors (Lipinski definition) is 2. The predicted molar refractivity (Wildman–Crippen MR) is 70.5 cm³/mol. The normalized spacial score (nSPS) is 18.4. The summed E-state index contributed by atoms with van der Waals surface area (Å²) in [7, 11) is 0. The number of carboxylic acids is 2. The number of carboxylic acid groups (broad SMARTS) is 2. The van der Waals surface area contributed by atoms with Gasteiger partial charge in [-0.1, -0.05) is 25.1 Å². The number of nitrogens with zero attached hydrogens (tertiary/aromatic N) is 1. The van der Waals surface area contributed by atoms with Crippen LogP contribution in [0.4, 0.5) is 5.69 Å². The smallest absolute Gasteiger partial charge is 0.327 e. The zero-order chi connectivity index (χ0) is 14.9. The SMILES string of the molecule is C[C@H](CC(=O)O)C(=O)N1c2ccccc2C[C@@H]1C(=O)O. The lowest BCUT2D eigenvalue weighted by molar-refractivity contribution is -0.141. The molecule has 0 saturated heterocycles. The largest absolute Gasteiger partial charge is 0.481 e. The second kappa shape index (κ2) is 5.32. The highest BCUT2D eigenvalue weighted by molar-refractivity contribution is 6.03. The molecule has 1 amide bonds. The lowest BCUT2D eigenvalue weighted by atomic mass is 10.1. The van der Waals surface area contributed by atoms with Gasteiger partial charge in [0.25, 0.3) is 0 Å². The average Bonchev–Trinajstić information content (AvgIpc) is 2.76. The zero-order valence-electron chi connectivity index (χ0n) is 10.9. The van der Waals surface area contributed by atoms with Crippen molar-refractivity contribution in [2.45, 2.75) is 25.8 Å². The number of benzene rings is 1. The molecule has 0 bridgehead atoms. The Morgan fingerprint density at radius 3 is 2.55 bits per heavy atom. The topological polar surface area (TPSA) is 94.9 Å². The number of aliphatic carboxylic acids is 2. The highest BCUT2D eigenvalue weighted by atomic mass is 16.4. The first-order chi connectivity index (χ1) is 9.41. The Hall–Kier alpha value is -2.37. The first-order valence-corrected chi connectivity index (χ1v) is 6.27. The van der Waals surface area contributed by atoms with Gasteiger partial charge in [-0.2, -0.15) is 0 Å². The number of fused-ring (bicyclic) bond motifs is 1. The molecule has 2 rings (SSSR count). The first kappa shape index (κ1) is 14.0. The minimum Gasteiger partial charge on any atom is -0.481 e. The molecule has 0 aromatic heterocycles. The van der Waals surface area contributed by atoms with E-state index in [4.69, 9.17) is 5.11 Å². The molecule has 0 saturated carbocycles. The van der Waals surface area contributed by atoms with Crippen LogP contribution in [0.15, 0.2) is 24.3 Å². The summed E-state index contributed by atoms with van der Waals surface area (Å²) in [4.78, 5) is 35.6. The Bertz CT molecular complexity index is 568. The van der Waals surface area contributed by atoms with E-state index in [1.54, 1.807) is 24.3 Å². The van der Waals surface area contributed by atoms with E-state index in [9.17, 15) is 19.5 Å². The van der Waals surface area contributed by atoms with Gasteiger partial charge in [0, 0.05) is 18.0 Å². The van der Waals surface area contributed by atoms with Gasteiger partial charge >= 0.3 is 11.9 Å². The maximum Gasteiger partial charge on any atom is 0.327 e. The molecule has 0 fully saturated rings. The van der Waals surface area contributed by atoms with Crippen LogP contribution in [0.3, 0.4) is 0 Å². The van der Waals surface area contributed by atoms with Gasteiger partial charge in [-0.15, -0.1) is 0 Å². The fraction of sp³-hybridized carbons (Fsp3) is 0.357. The second-order valence-electron chi connectivity index (χ2n) is 4.89. The second-order valence-corrected chi connectivity index (χ2v) is 4.89. The van der Waals surface area contributed by atoms with Crippen LogP contribution in [-0.2, 0) is 20.8 Å². The van der Waals surface area contributed by atoms with Crippen molar-refractivity contribution in [1.82, 2.24) is 0 Å². The number of rotatable bonds is 4. The molecule has 1 aliphatic heterocycles. The van der Waals surface area contributed by atoms with E-state index in [1.165, 1.54) is 11.8 Å². The Morgan fingerprint density at radius 1 is 1.30 bits per heavy atom.